The summed E-state index contributed by atoms with van der Waals surface area (Å²) in [5.41, 5.74) is 3.51. The molecule has 1 fully saturated rings. The summed E-state index contributed by atoms with van der Waals surface area (Å²) < 4.78 is 0. The van der Waals surface area contributed by atoms with Crippen molar-refractivity contribution >= 4 is 52.5 Å². The highest BCUT2D eigenvalue weighted by atomic mass is 35.5. The largest absolute Gasteiger partial charge is 0.298 e. The van der Waals surface area contributed by atoms with Gasteiger partial charge in [0.1, 0.15) is 5.57 Å². The molecule has 30 heavy (non-hydrogen) atoms. The minimum absolute atomic E-state index is 0.0336. The lowest BCUT2D eigenvalue weighted by Crippen LogP contribution is -2.54. The van der Waals surface area contributed by atoms with Crippen molar-refractivity contribution < 1.29 is 9.59 Å². The van der Waals surface area contributed by atoms with Crippen molar-refractivity contribution in [1.82, 2.24) is 5.32 Å². The van der Waals surface area contributed by atoms with Gasteiger partial charge in [-0.25, -0.2) is 0 Å². The fourth-order valence-corrected chi connectivity index (χ4v) is 3.71. The zero-order valence-corrected chi connectivity index (χ0v) is 17.4. The Balaban J connectivity index is 1.58. The number of benzene rings is 3. The summed E-state index contributed by atoms with van der Waals surface area (Å²) in [7, 11) is 0. The Morgan fingerprint density at radius 1 is 0.900 bits per heavy atom. The van der Waals surface area contributed by atoms with Crippen LogP contribution in [0.1, 0.15) is 16.7 Å². The van der Waals surface area contributed by atoms with E-state index in [0.717, 1.165) is 21.7 Å². The van der Waals surface area contributed by atoms with Gasteiger partial charge < -0.3 is 0 Å². The van der Waals surface area contributed by atoms with Gasteiger partial charge >= 0.3 is 0 Å². The molecule has 1 heterocycles. The van der Waals surface area contributed by atoms with Crippen LogP contribution in [-0.4, -0.2) is 16.9 Å². The molecule has 0 spiro atoms. The smallest absolute Gasteiger partial charge is 0.270 e. The van der Waals surface area contributed by atoms with Crippen molar-refractivity contribution in [1.29, 1.82) is 0 Å². The lowest BCUT2D eigenvalue weighted by molar-refractivity contribution is -0.122. The monoisotopic (exact) mass is 432 g/mol. The molecule has 0 atom stereocenters. The van der Waals surface area contributed by atoms with Crippen LogP contribution in [0.25, 0.3) is 6.08 Å². The molecular weight excluding hydrogens is 416 g/mol. The van der Waals surface area contributed by atoms with Gasteiger partial charge in [-0.05, 0) is 59.6 Å². The van der Waals surface area contributed by atoms with Crippen molar-refractivity contribution in [3.05, 3.63) is 106 Å². The van der Waals surface area contributed by atoms with E-state index in [2.05, 4.69) is 5.32 Å². The molecular formula is C24H17ClN2O2S. The van der Waals surface area contributed by atoms with Crippen molar-refractivity contribution in [2.75, 3.05) is 4.90 Å². The van der Waals surface area contributed by atoms with Gasteiger partial charge in [0.25, 0.3) is 11.8 Å². The lowest BCUT2D eigenvalue weighted by Gasteiger charge is -2.28. The summed E-state index contributed by atoms with van der Waals surface area (Å²) >= 11 is 11.4. The SMILES string of the molecule is O=C1NC(=S)N(c2ccccc2)C(=O)/C1=C\c1ccc(Cc2ccccc2Cl)cc1. The number of rotatable bonds is 4. The van der Waals surface area contributed by atoms with Crippen LogP contribution >= 0.6 is 23.8 Å². The van der Waals surface area contributed by atoms with E-state index < -0.39 is 11.8 Å². The molecule has 148 valence electrons. The average molecular weight is 433 g/mol. The van der Waals surface area contributed by atoms with Gasteiger partial charge in [0.05, 0.1) is 5.69 Å². The highest BCUT2D eigenvalue weighted by Gasteiger charge is 2.34. The van der Waals surface area contributed by atoms with Crippen molar-refractivity contribution in [2.45, 2.75) is 6.42 Å². The Morgan fingerprint density at radius 2 is 1.57 bits per heavy atom. The second kappa shape index (κ2) is 8.61. The maximum Gasteiger partial charge on any atom is 0.270 e. The molecule has 3 aromatic carbocycles. The highest BCUT2D eigenvalue weighted by Crippen LogP contribution is 2.23. The van der Waals surface area contributed by atoms with Crippen LogP contribution in [0.2, 0.25) is 5.02 Å². The van der Waals surface area contributed by atoms with Crippen LogP contribution in [0, 0.1) is 0 Å². The molecule has 6 heteroatoms. The first-order chi connectivity index (χ1) is 14.5. The normalized spacial score (nSPS) is 15.4. The lowest BCUT2D eigenvalue weighted by atomic mass is 10.0. The maximum atomic E-state index is 13.0. The van der Waals surface area contributed by atoms with Crippen LogP contribution in [0.4, 0.5) is 5.69 Å². The third-order valence-electron chi connectivity index (χ3n) is 4.76. The van der Waals surface area contributed by atoms with Crippen molar-refractivity contribution in [3.63, 3.8) is 0 Å². The van der Waals surface area contributed by atoms with Gasteiger partial charge in [-0.3, -0.25) is 19.8 Å². The molecule has 0 bridgehead atoms. The molecule has 4 rings (SSSR count). The first-order valence-electron chi connectivity index (χ1n) is 9.32. The van der Waals surface area contributed by atoms with Crippen LogP contribution in [0.3, 0.4) is 0 Å². The minimum Gasteiger partial charge on any atom is -0.298 e. The van der Waals surface area contributed by atoms with Crippen molar-refractivity contribution in [3.8, 4) is 0 Å². The van der Waals surface area contributed by atoms with E-state index >= 15 is 0 Å². The number of anilines is 1. The van der Waals surface area contributed by atoms with Gasteiger partial charge in [-0.2, -0.15) is 0 Å². The summed E-state index contributed by atoms with van der Waals surface area (Å²) in [6.07, 6.45) is 2.28. The van der Waals surface area contributed by atoms with Crippen LogP contribution < -0.4 is 10.2 Å². The summed E-state index contributed by atoms with van der Waals surface area (Å²) in [4.78, 5) is 26.7. The molecule has 2 amide bonds. The molecule has 1 saturated heterocycles. The Bertz CT molecular complexity index is 1160. The number of thiocarbonyl (C=S) groups is 1. The van der Waals surface area contributed by atoms with Gasteiger partial charge in [-0.1, -0.05) is 72.3 Å². The van der Waals surface area contributed by atoms with Gasteiger partial charge in [0.2, 0.25) is 0 Å². The molecule has 1 N–H and O–H groups in total. The van der Waals surface area contributed by atoms with E-state index in [1.807, 2.05) is 66.7 Å². The summed E-state index contributed by atoms with van der Waals surface area (Å²) in [5, 5.41) is 3.39. The molecule has 3 aromatic rings. The maximum absolute atomic E-state index is 13.0. The first kappa shape index (κ1) is 20.0. The Labute approximate surface area is 184 Å². The predicted octanol–water partition coefficient (Wildman–Crippen LogP) is 4.76. The number of para-hydroxylation sites is 1. The second-order valence-electron chi connectivity index (χ2n) is 6.80. The predicted molar refractivity (Wildman–Crippen MR) is 123 cm³/mol. The Morgan fingerprint density at radius 3 is 2.27 bits per heavy atom. The molecule has 0 aliphatic carbocycles. The minimum atomic E-state index is -0.502. The molecule has 1 aliphatic heterocycles. The zero-order valence-electron chi connectivity index (χ0n) is 15.8. The van der Waals surface area contributed by atoms with Crippen LogP contribution in [-0.2, 0) is 16.0 Å². The van der Waals surface area contributed by atoms with E-state index in [1.165, 1.54) is 4.90 Å². The number of carbonyl (C=O) groups excluding carboxylic acids is 2. The molecule has 1 aliphatic rings. The number of amides is 2. The standard InChI is InChI=1S/C24H17ClN2O2S/c25-21-9-5-4-6-18(21)14-16-10-12-17(13-11-16)15-20-22(28)26-24(30)27(23(20)29)19-7-2-1-3-8-19/h1-13,15H,14H2,(H,26,28,30)/b20-15-. The Hall–Kier alpha value is -3.28. The number of halogens is 1. The third kappa shape index (κ3) is 4.17. The van der Waals surface area contributed by atoms with Gasteiger partial charge in [0, 0.05) is 5.02 Å². The van der Waals surface area contributed by atoms with Gasteiger partial charge in [0.15, 0.2) is 5.11 Å². The number of carbonyl (C=O) groups is 2. The summed E-state index contributed by atoms with van der Waals surface area (Å²) in [5.74, 6) is -0.951. The summed E-state index contributed by atoms with van der Waals surface area (Å²) in [6.45, 7) is 0. The van der Waals surface area contributed by atoms with E-state index in [1.54, 1.807) is 18.2 Å². The number of nitrogens with one attached hydrogen (secondary N) is 1. The highest BCUT2D eigenvalue weighted by molar-refractivity contribution is 7.80. The summed E-state index contributed by atoms with van der Waals surface area (Å²) in [6, 6.07) is 24.4. The Kier molecular flexibility index (Phi) is 5.74. The van der Waals surface area contributed by atoms with Gasteiger partial charge in [-0.15, -0.1) is 0 Å². The fourth-order valence-electron chi connectivity index (χ4n) is 3.23. The quantitative estimate of drug-likeness (QED) is 0.367. The molecule has 0 unspecified atom stereocenters. The topological polar surface area (TPSA) is 49.4 Å². The van der Waals surface area contributed by atoms with E-state index in [9.17, 15) is 9.59 Å². The molecule has 0 radical (unpaired) electrons. The second-order valence-corrected chi connectivity index (χ2v) is 7.60. The van der Waals surface area contributed by atoms with E-state index in [-0.39, 0.29) is 10.7 Å². The number of hydrogen-bond acceptors (Lipinski definition) is 3. The average Bonchev–Trinajstić information content (AvgIpc) is 2.74. The van der Waals surface area contributed by atoms with E-state index in [4.69, 9.17) is 23.8 Å². The van der Waals surface area contributed by atoms with E-state index in [0.29, 0.717) is 12.1 Å². The number of nitrogens with zero attached hydrogens (tertiary/aromatic N) is 1. The third-order valence-corrected chi connectivity index (χ3v) is 5.41. The first-order valence-corrected chi connectivity index (χ1v) is 10.1. The van der Waals surface area contributed by atoms with Crippen LogP contribution in [0.15, 0.2) is 84.4 Å². The molecule has 0 saturated carbocycles. The molecule has 0 aromatic heterocycles. The van der Waals surface area contributed by atoms with Crippen LogP contribution in [0.5, 0.6) is 0 Å². The van der Waals surface area contributed by atoms with Crippen molar-refractivity contribution in [2.24, 2.45) is 0 Å². The zero-order chi connectivity index (χ0) is 21.1. The molecule has 4 nitrogen and oxygen atoms in total. The number of hydrogen-bond donors (Lipinski definition) is 1. The fraction of sp³-hybridized carbons (Fsp3) is 0.0417.